The number of Topliss-reactive ketones (excluding diaryl/α,β-unsaturated/α-hetero) is 1. The molecule has 0 N–H and O–H groups in total. The van der Waals surface area contributed by atoms with E-state index >= 15 is 0 Å². The van der Waals surface area contributed by atoms with Crippen molar-refractivity contribution in [3.63, 3.8) is 0 Å². The molecule has 2 rings (SSSR count). The third-order valence-corrected chi connectivity index (χ3v) is 3.79. The van der Waals surface area contributed by atoms with Gasteiger partial charge in [0, 0.05) is 18.6 Å². The Labute approximate surface area is 103 Å². The van der Waals surface area contributed by atoms with Gasteiger partial charge in [0.25, 0.3) is 0 Å². The van der Waals surface area contributed by atoms with E-state index in [1.807, 2.05) is 6.92 Å². The first kappa shape index (κ1) is 12.3. The van der Waals surface area contributed by atoms with Gasteiger partial charge in [0.1, 0.15) is 0 Å². The van der Waals surface area contributed by atoms with E-state index in [1.54, 1.807) is 7.11 Å². The van der Waals surface area contributed by atoms with Crippen LogP contribution >= 0.6 is 0 Å². The van der Waals surface area contributed by atoms with E-state index in [0.29, 0.717) is 12.4 Å². The Kier molecular flexibility index (Phi) is 3.34. The summed E-state index contributed by atoms with van der Waals surface area (Å²) in [6, 6.07) is 2.19. The minimum absolute atomic E-state index is 0.153. The molecule has 2 nitrogen and oxygen atoms in total. The second kappa shape index (κ2) is 4.61. The van der Waals surface area contributed by atoms with Gasteiger partial charge in [-0.2, -0.15) is 0 Å². The molecule has 1 aliphatic rings. The lowest BCUT2D eigenvalue weighted by Crippen LogP contribution is -2.08. The van der Waals surface area contributed by atoms with Crippen LogP contribution in [0.1, 0.15) is 39.5 Å². The fraction of sp³-hybridized carbons (Fsp3) is 0.533. The van der Waals surface area contributed by atoms with Gasteiger partial charge in [0.05, 0.1) is 6.61 Å². The van der Waals surface area contributed by atoms with Gasteiger partial charge in [-0.3, -0.25) is 4.79 Å². The lowest BCUT2D eigenvalue weighted by Gasteiger charge is -2.13. The molecule has 0 unspecified atom stereocenters. The Bertz CT molecular complexity index is 460. The summed E-state index contributed by atoms with van der Waals surface area (Å²) in [6.07, 6.45) is 1.80. The molecule has 0 aliphatic heterocycles. The molecule has 1 aromatic carbocycles. The van der Waals surface area contributed by atoms with Crippen molar-refractivity contribution in [1.29, 1.82) is 0 Å². The number of aryl methyl sites for hydroxylation is 1. The van der Waals surface area contributed by atoms with Crippen LogP contribution in [0.4, 0.5) is 0 Å². The fourth-order valence-corrected chi connectivity index (χ4v) is 2.87. The topological polar surface area (TPSA) is 26.3 Å². The van der Waals surface area contributed by atoms with Crippen LogP contribution in [0.2, 0.25) is 0 Å². The smallest absolute Gasteiger partial charge is 0.166 e. The summed E-state index contributed by atoms with van der Waals surface area (Å²) in [5, 5.41) is 0. The van der Waals surface area contributed by atoms with Crippen molar-refractivity contribution >= 4 is 5.78 Å². The second-order valence-corrected chi connectivity index (χ2v) is 5.04. The summed E-state index contributed by atoms with van der Waals surface area (Å²) >= 11 is 0. The van der Waals surface area contributed by atoms with E-state index in [2.05, 4.69) is 19.9 Å². The number of ketones is 1. The number of ether oxygens (including phenoxy) is 1. The van der Waals surface area contributed by atoms with E-state index in [-0.39, 0.29) is 5.92 Å². The molecular weight excluding hydrogens is 212 g/mol. The maximum absolute atomic E-state index is 12.1. The average molecular weight is 232 g/mol. The van der Waals surface area contributed by atoms with Crippen molar-refractivity contribution in [3.05, 3.63) is 33.9 Å². The number of methoxy groups -OCH3 is 1. The average Bonchev–Trinajstić information content (AvgIpc) is 2.54. The zero-order chi connectivity index (χ0) is 12.6. The number of carbonyl (C=O) groups excluding carboxylic acids is 1. The molecule has 2 heteroatoms. The molecule has 0 bridgehead atoms. The van der Waals surface area contributed by atoms with E-state index in [4.69, 9.17) is 4.74 Å². The van der Waals surface area contributed by atoms with E-state index in [9.17, 15) is 4.79 Å². The molecule has 0 radical (unpaired) electrons. The molecule has 0 heterocycles. The summed E-state index contributed by atoms with van der Waals surface area (Å²) in [6.45, 7) is 6.94. The van der Waals surface area contributed by atoms with E-state index in [0.717, 1.165) is 18.4 Å². The molecule has 0 saturated carbocycles. The molecule has 1 aliphatic carbocycles. The minimum Gasteiger partial charge on any atom is -0.384 e. The van der Waals surface area contributed by atoms with Gasteiger partial charge >= 0.3 is 0 Å². The number of rotatable bonds is 3. The highest BCUT2D eigenvalue weighted by Crippen LogP contribution is 2.32. The van der Waals surface area contributed by atoms with Crippen molar-refractivity contribution in [2.45, 2.75) is 33.6 Å². The van der Waals surface area contributed by atoms with Crippen LogP contribution in [0.15, 0.2) is 6.07 Å². The van der Waals surface area contributed by atoms with Gasteiger partial charge < -0.3 is 4.74 Å². The van der Waals surface area contributed by atoms with Crippen LogP contribution in [0.25, 0.3) is 0 Å². The Hall–Kier alpha value is -1.15. The molecule has 92 valence electrons. The number of carbonyl (C=O) groups is 1. The van der Waals surface area contributed by atoms with Crippen LogP contribution in [0.5, 0.6) is 0 Å². The SMILES string of the molecule is COCCc1c(C)cc2c(c1C)C(=O)[C@H](C)C2. The first-order valence-electron chi connectivity index (χ1n) is 6.21. The number of hydrogen-bond donors (Lipinski definition) is 0. The van der Waals surface area contributed by atoms with Gasteiger partial charge in [-0.15, -0.1) is 0 Å². The zero-order valence-electron chi connectivity index (χ0n) is 11.1. The van der Waals surface area contributed by atoms with Crippen LogP contribution in [-0.4, -0.2) is 19.5 Å². The first-order chi connectivity index (χ1) is 8.06. The van der Waals surface area contributed by atoms with Crippen molar-refractivity contribution < 1.29 is 9.53 Å². The lowest BCUT2D eigenvalue weighted by atomic mass is 9.92. The summed E-state index contributed by atoms with van der Waals surface area (Å²) < 4.78 is 5.14. The minimum atomic E-state index is 0.153. The summed E-state index contributed by atoms with van der Waals surface area (Å²) in [4.78, 5) is 12.1. The van der Waals surface area contributed by atoms with E-state index < -0.39 is 0 Å². The second-order valence-electron chi connectivity index (χ2n) is 5.04. The Morgan fingerprint density at radius 3 is 2.76 bits per heavy atom. The van der Waals surface area contributed by atoms with Crippen LogP contribution < -0.4 is 0 Å². The van der Waals surface area contributed by atoms with Crippen LogP contribution in [-0.2, 0) is 17.6 Å². The molecule has 1 atom stereocenters. The van der Waals surface area contributed by atoms with Crippen molar-refractivity contribution in [2.75, 3.05) is 13.7 Å². The number of hydrogen-bond acceptors (Lipinski definition) is 2. The lowest BCUT2D eigenvalue weighted by molar-refractivity contribution is 0.0945. The molecule has 0 aromatic heterocycles. The molecule has 0 amide bonds. The predicted molar refractivity (Wildman–Crippen MR) is 68.7 cm³/mol. The molecule has 0 spiro atoms. The van der Waals surface area contributed by atoms with Gasteiger partial charge in [-0.25, -0.2) is 0 Å². The Balaban J connectivity index is 2.48. The van der Waals surface area contributed by atoms with Gasteiger partial charge in [0.2, 0.25) is 0 Å². The highest BCUT2D eigenvalue weighted by molar-refractivity contribution is 6.03. The van der Waals surface area contributed by atoms with Gasteiger partial charge in [-0.05, 0) is 48.9 Å². The standard InChI is InChI=1S/C15H20O2/c1-9-7-12-8-10(2)15(16)14(12)11(3)13(9)5-6-17-4/h7,10H,5-6,8H2,1-4H3/t10-/m1/s1. The molecule has 0 fully saturated rings. The maximum Gasteiger partial charge on any atom is 0.166 e. The quantitative estimate of drug-likeness (QED) is 0.801. The summed E-state index contributed by atoms with van der Waals surface area (Å²) in [5.74, 6) is 0.469. The zero-order valence-corrected chi connectivity index (χ0v) is 11.1. The van der Waals surface area contributed by atoms with E-state index in [1.165, 1.54) is 22.3 Å². The Morgan fingerprint density at radius 2 is 2.12 bits per heavy atom. The monoisotopic (exact) mass is 232 g/mol. The molecule has 0 saturated heterocycles. The molecular formula is C15H20O2. The highest BCUT2D eigenvalue weighted by Gasteiger charge is 2.29. The van der Waals surface area contributed by atoms with Crippen molar-refractivity contribution in [2.24, 2.45) is 5.92 Å². The van der Waals surface area contributed by atoms with Crippen LogP contribution in [0, 0.1) is 19.8 Å². The molecule has 17 heavy (non-hydrogen) atoms. The van der Waals surface area contributed by atoms with Crippen LogP contribution in [0.3, 0.4) is 0 Å². The van der Waals surface area contributed by atoms with Crippen molar-refractivity contribution in [3.8, 4) is 0 Å². The highest BCUT2D eigenvalue weighted by atomic mass is 16.5. The fourth-order valence-electron chi connectivity index (χ4n) is 2.87. The molecule has 1 aromatic rings. The first-order valence-corrected chi connectivity index (χ1v) is 6.21. The number of benzene rings is 1. The van der Waals surface area contributed by atoms with Crippen molar-refractivity contribution in [1.82, 2.24) is 0 Å². The van der Waals surface area contributed by atoms with Gasteiger partial charge in [-0.1, -0.05) is 13.0 Å². The third-order valence-electron chi connectivity index (χ3n) is 3.79. The third kappa shape index (κ3) is 2.02. The predicted octanol–water partition coefficient (Wildman–Crippen LogP) is 2.87. The Morgan fingerprint density at radius 1 is 1.41 bits per heavy atom. The summed E-state index contributed by atoms with van der Waals surface area (Å²) in [5.41, 5.74) is 5.97. The normalized spacial score (nSPS) is 18.6. The maximum atomic E-state index is 12.1. The number of fused-ring (bicyclic) bond motifs is 1. The van der Waals surface area contributed by atoms with Gasteiger partial charge in [0.15, 0.2) is 5.78 Å². The largest absolute Gasteiger partial charge is 0.384 e. The summed E-state index contributed by atoms with van der Waals surface area (Å²) in [7, 11) is 1.71.